The lowest BCUT2D eigenvalue weighted by atomic mass is 10.1. The van der Waals surface area contributed by atoms with Crippen molar-refractivity contribution in [2.75, 3.05) is 0 Å². The first-order valence-corrected chi connectivity index (χ1v) is 7.19. The first-order valence-electron chi connectivity index (χ1n) is 6.43. The van der Waals surface area contributed by atoms with Gasteiger partial charge in [-0.25, -0.2) is 0 Å². The highest BCUT2D eigenvalue weighted by Crippen LogP contribution is 2.39. The number of aliphatic imine (C=N–C) groups is 1. The summed E-state index contributed by atoms with van der Waals surface area (Å²) < 4.78 is 5.83. The third kappa shape index (κ3) is 2.83. The minimum atomic E-state index is -0.582. The van der Waals surface area contributed by atoms with Crippen molar-refractivity contribution in [2.45, 2.75) is 12.3 Å². The van der Waals surface area contributed by atoms with Crippen molar-refractivity contribution >= 4 is 35.1 Å². The summed E-state index contributed by atoms with van der Waals surface area (Å²) in [7, 11) is 0. The van der Waals surface area contributed by atoms with Gasteiger partial charge in [-0.3, -0.25) is 15.1 Å². The van der Waals surface area contributed by atoms with Crippen LogP contribution in [-0.2, 0) is 4.74 Å². The van der Waals surface area contributed by atoms with Crippen molar-refractivity contribution in [2.24, 2.45) is 4.99 Å². The molecule has 0 amide bonds. The van der Waals surface area contributed by atoms with Gasteiger partial charge in [0.2, 0.25) is 0 Å². The topological polar surface area (TPSA) is 64.7 Å². The summed E-state index contributed by atoms with van der Waals surface area (Å²) in [6, 6.07) is 11.4. The van der Waals surface area contributed by atoms with E-state index in [-0.39, 0.29) is 5.69 Å². The Morgan fingerprint density at radius 2 is 1.73 bits per heavy atom. The summed E-state index contributed by atoms with van der Waals surface area (Å²) in [4.78, 5) is 14.5. The monoisotopic (exact) mass is 336 g/mol. The van der Waals surface area contributed by atoms with Gasteiger partial charge in [0.25, 0.3) is 5.69 Å². The highest BCUT2D eigenvalue weighted by atomic mass is 35.5. The van der Waals surface area contributed by atoms with E-state index in [0.717, 1.165) is 5.56 Å². The maximum atomic E-state index is 10.7. The number of nitrogens with zero attached hydrogens (tertiary/aromatic N) is 2. The van der Waals surface area contributed by atoms with Crippen molar-refractivity contribution < 1.29 is 9.66 Å². The average Bonchev–Trinajstić information content (AvgIpc) is 2.97. The Morgan fingerprint density at radius 1 is 1.09 bits per heavy atom. The number of halogens is 2. The SMILES string of the molecule is O=[N+]([O-])c1ccc(C2C=NC(c3c(Cl)cccc3Cl)O2)cc1. The molecule has 1 aliphatic heterocycles. The number of ether oxygens (including phenoxy) is 1. The van der Waals surface area contributed by atoms with Crippen LogP contribution in [-0.4, -0.2) is 11.1 Å². The van der Waals surface area contributed by atoms with Gasteiger partial charge in [0, 0.05) is 34.0 Å². The molecule has 2 atom stereocenters. The van der Waals surface area contributed by atoms with Gasteiger partial charge < -0.3 is 4.74 Å². The Kier molecular flexibility index (Phi) is 4.11. The molecule has 22 heavy (non-hydrogen) atoms. The van der Waals surface area contributed by atoms with Crippen LogP contribution in [0.1, 0.15) is 23.5 Å². The molecular weight excluding hydrogens is 327 g/mol. The van der Waals surface area contributed by atoms with E-state index in [1.165, 1.54) is 12.1 Å². The lowest BCUT2D eigenvalue weighted by molar-refractivity contribution is -0.384. The van der Waals surface area contributed by atoms with E-state index in [1.807, 2.05) is 0 Å². The van der Waals surface area contributed by atoms with Gasteiger partial charge in [0.05, 0.1) is 4.92 Å². The van der Waals surface area contributed by atoms with Crippen LogP contribution in [0.4, 0.5) is 5.69 Å². The summed E-state index contributed by atoms with van der Waals surface area (Å²) >= 11 is 12.3. The molecule has 0 N–H and O–H groups in total. The summed E-state index contributed by atoms with van der Waals surface area (Å²) in [5.41, 5.74) is 1.43. The fourth-order valence-electron chi connectivity index (χ4n) is 2.21. The number of nitro groups is 1. The molecule has 0 bridgehead atoms. The molecule has 2 aromatic rings. The van der Waals surface area contributed by atoms with Gasteiger partial charge in [-0.1, -0.05) is 29.3 Å². The Balaban J connectivity index is 1.81. The molecule has 112 valence electrons. The van der Waals surface area contributed by atoms with Crippen molar-refractivity contribution in [3.05, 3.63) is 73.8 Å². The number of hydrogen-bond donors (Lipinski definition) is 0. The summed E-state index contributed by atoms with van der Waals surface area (Å²) in [6.45, 7) is 0. The lowest BCUT2D eigenvalue weighted by Gasteiger charge is -2.15. The second-order valence-electron chi connectivity index (χ2n) is 4.69. The fraction of sp³-hybridized carbons (Fsp3) is 0.133. The van der Waals surface area contributed by atoms with Crippen LogP contribution in [0.15, 0.2) is 47.5 Å². The van der Waals surface area contributed by atoms with E-state index in [1.54, 1.807) is 36.5 Å². The Hall–Kier alpha value is -1.95. The van der Waals surface area contributed by atoms with E-state index < -0.39 is 17.3 Å². The van der Waals surface area contributed by atoms with Gasteiger partial charge in [-0.05, 0) is 29.8 Å². The van der Waals surface area contributed by atoms with Crippen LogP contribution >= 0.6 is 23.2 Å². The first-order chi connectivity index (χ1) is 10.6. The number of non-ortho nitro benzene ring substituents is 1. The second kappa shape index (κ2) is 6.04. The maximum absolute atomic E-state index is 10.7. The van der Waals surface area contributed by atoms with Crippen LogP contribution in [0.25, 0.3) is 0 Å². The molecule has 3 rings (SSSR count). The predicted octanol–water partition coefficient (Wildman–Crippen LogP) is 4.74. The molecule has 5 nitrogen and oxygen atoms in total. The van der Waals surface area contributed by atoms with E-state index in [4.69, 9.17) is 27.9 Å². The van der Waals surface area contributed by atoms with Gasteiger partial charge in [0.1, 0.15) is 6.10 Å². The van der Waals surface area contributed by atoms with Gasteiger partial charge in [0.15, 0.2) is 6.23 Å². The second-order valence-corrected chi connectivity index (χ2v) is 5.51. The Bertz CT molecular complexity index is 727. The number of nitro benzene ring substituents is 1. The molecule has 2 unspecified atom stereocenters. The highest BCUT2D eigenvalue weighted by molar-refractivity contribution is 6.36. The third-order valence-electron chi connectivity index (χ3n) is 3.31. The van der Waals surface area contributed by atoms with Crippen LogP contribution in [0, 0.1) is 10.1 Å². The molecule has 0 saturated carbocycles. The van der Waals surface area contributed by atoms with Crippen LogP contribution in [0.3, 0.4) is 0 Å². The highest BCUT2D eigenvalue weighted by Gasteiger charge is 2.27. The van der Waals surface area contributed by atoms with Crippen LogP contribution in [0.5, 0.6) is 0 Å². The van der Waals surface area contributed by atoms with Crippen molar-refractivity contribution in [1.29, 1.82) is 0 Å². The molecule has 7 heteroatoms. The zero-order valence-electron chi connectivity index (χ0n) is 11.1. The average molecular weight is 337 g/mol. The molecule has 1 aliphatic rings. The molecule has 0 fully saturated rings. The predicted molar refractivity (Wildman–Crippen MR) is 84.6 cm³/mol. The van der Waals surface area contributed by atoms with E-state index in [0.29, 0.717) is 15.6 Å². The van der Waals surface area contributed by atoms with Gasteiger partial charge in [-0.15, -0.1) is 0 Å². The summed E-state index contributed by atoms with van der Waals surface area (Å²) in [5, 5.41) is 11.6. The zero-order valence-corrected chi connectivity index (χ0v) is 12.7. The number of benzene rings is 2. The molecular formula is C15H10Cl2N2O3. The normalized spacial score (nSPS) is 20.3. The van der Waals surface area contributed by atoms with Crippen LogP contribution in [0.2, 0.25) is 10.0 Å². The molecule has 0 aliphatic carbocycles. The Morgan fingerprint density at radius 3 is 2.32 bits per heavy atom. The Labute approximate surface area is 136 Å². The molecule has 0 spiro atoms. The molecule has 2 aromatic carbocycles. The summed E-state index contributed by atoms with van der Waals surface area (Å²) in [5.74, 6) is 0. The zero-order chi connectivity index (χ0) is 15.7. The molecule has 1 heterocycles. The summed E-state index contributed by atoms with van der Waals surface area (Å²) in [6.07, 6.45) is 0.672. The van der Waals surface area contributed by atoms with Gasteiger partial charge in [-0.2, -0.15) is 0 Å². The van der Waals surface area contributed by atoms with E-state index >= 15 is 0 Å². The van der Waals surface area contributed by atoms with Gasteiger partial charge >= 0.3 is 0 Å². The minimum absolute atomic E-state index is 0.0318. The standard InChI is InChI=1S/C15H10Cl2N2O3/c16-11-2-1-3-12(17)14(11)15-18-8-13(22-15)9-4-6-10(7-5-9)19(20)21/h1-8,13,15H. The first kappa shape index (κ1) is 15.0. The van der Waals surface area contributed by atoms with Crippen molar-refractivity contribution in [3.8, 4) is 0 Å². The van der Waals surface area contributed by atoms with E-state index in [9.17, 15) is 10.1 Å². The minimum Gasteiger partial charge on any atom is -0.339 e. The molecule has 0 aromatic heterocycles. The fourth-order valence-corrected chi connectivity index (χ4v) is 2.79. The lowest BCUT2D eigenvalue weighted by Crippen LogP contribution is -2.03. The number of hydrogen-bond acceptors (Lipinski definition) is 4. The van der Waals surface area contributed by atoms with Crippen molar-refractivity contribution in [1.82, 2.24) is 0 Å². The van der Waals surface area contributed by atoms with Crippen molar-refractivity contribution in [3.63, 3.8) is 0 Å². The van der Waals surface area contributed by atoms with Crippen LogP contribution < -0.4 is 0 Å². The molecule has 0 saturated heterocycles. The number of rotatable bonds is 3. The maximum Gasteiger partial charge on any atom is 0.269 e. The largest absolute Gasteiger partial charge is 0.339 e. The quantitative estimate of drug-likeness (QED) is 0.600. The van der Waals surface area contributed by atoms with E-state index in [2.05, 4.69) is 4.99 Å². The smallest absolute Gasteiger partial charge is 0.269 e. The third-order valence-corrected chi connectivity index (χ3v) is 3.97. The molecule has 0 radical (unpaired) electrons.